The van der Waals surface area contributed by atoms with E-state index in [1.165, 1.54) is 141 Å². The van der Waals surface area contributed by atoms with Gasteiger partial charge in [0.15, 0.2) is 18.9 Å². The molecular weight excluding hydrogens is 1050 g/mol. The Morgan fingerprint density at radius 3 is 1.23 bits per heavy atom. The second kappa shape index (κ2) is 45.3. The van der Waals surface area contributed by atoms with Gasteiger partial charge in [-0.1, -0.05) is 204 Å². The summed E-state index contributed by atoms with van der Waals surface area (Å²) < 4.78 is 34.2. The van der Waals surface area contributed by atoms with Crippen molar-refractivity contribution in [3.8, 4) is 0 Å². The highest BCUT2D eigenvalue weighted by Gasteiger charge is 2.53. The topological polar surface area (TPSA) is 307 Å². The average molecular weight is 1160 g/mol. The maximum atomic E-state index is 13.3. The van der Waals surface area contributed by atoms with Gasteiger partial charge >= 0.3 is 0 Å². The Balaban J connectivity index is 1.49. The average Bonchev–Trinajstić information content (AvgIpc) is 3.51. The third-order valence-electron chi connectivity index (χ3n) is 15.9. The van der Waals surface area contributed by atoms with Crippen LogP contribution in [-0.2, 0) is 33.2 Å². The molecule has 17 atom stereocenters. The predicted molar refractivity (Wildman–Crippen MR) is 309 cm³/mol. The van der Waals surface area contributed by atoms with E-state index in [-0.39, 0.29) is 18.9 Å². The Morgan fingerprint density at radius 1 is 0.432 bits per heavy atom. The Bertz CT molecular complexity index is 1620. The number of rotatable bonds is 47. The second-order valence-corrected chi connectivity index (χ2v) is 22.9. The Morgan fingerprint density at radius 2 is 0.790 bits per heavy atom. The molecule has 3 rings (SSSR count). The zero-order valence-corrected chi connectivity index (χ0v) is 49.5. The van der Waals surface area contributed by atoms with E-state index in [9.17, 15) is 61.0 Å². The van der Waals surface area contributed by atoms with Crippen molar-refractivity contribution in [3.05, 3.63) is 36.5 Å². The van der Waals surface area contributed by atoms with E-state index in [0.29, 0.717) is 12.8 Å². The minimum absolute atomic E-state index is 0.235. The summed E-state index contributed by atoms with van der Waals surface area (Å²) in [5, 5.41) is 120. The predicted octanol–water partition coefficient (Wildman–Crippen LogP) is 6.49. The normalized spacial score (nSPS) is 30.0. The van der Waals surface area contributed by atoms with E-state index in [2.05, 4.69) is 43.5 Å². The molecule has 0 aromatic carbocycles. The van der Waals surface area contributed by atoms with Gasteiger partial charge in [0.05, 0.1) is 38.6 Å². The summed E-state index contributed by atoms with van der Waals surface area (Å²) in [7, 11) is 0. The lowest BCUT2D eigenvalue weighted by atomic mass is 9.96. The number of ether oxygens (including phenoxy) is 6. The monoisotopic (exact) mass is 1160 g/mol. The molecule has 17 unspecified atom stereocenters. The first-order valence-electron chi connectivity index (χ1n) is 31.7. The Hall–Kier alpha value is -1.99. The van der Waals surface area contributed by atoms with Crippen LogP contribution in [0.4, 0.5) is 0 Å². The molecule has 3 heterocycles. The molecule has 0 saturated carbocycles. The van der Waals surface area contributed by atoms with Crippen molar-refractivity contribution in [2.75, 3.05) is 26.4 Å². The Labute approximate surface area is 485 Å². The van der Waals surface area contributed by atoms with Gasteiger partial charge < -0.3 is 89.9 Å². The summed E-state index contributed by atoms with van der Waals surface area (Å²) in [6.07, 6.45) is 22.7. The summed E-state index contributed by atoms with van der Waals surface area (Å²) in [6.45, 7) is 1.70. The number of hydrogen-bond donors (Lipinski definition) is 12. The van der Waals surface area contributed by atoms with Gasteiger partial charge in [0.1, 0.15) is 73.2 Å². The molecule has 3 saturated heterocycles. The maximum Gasteiger partial charge on any atom is 0.220 e. The number of aliphatic hydroxyl groups excluding tert-OH is 11. The number of carbonyl (C=O) groups is 1. The van der Waals surface area contributed by atoms with Crippen LogP contribution in [0.2, 0.25) is 0 Å². The van der Waals surface area contributed by atoms with E-state index in [4.69, 9.17) is 28.4 Å². The molecular formula is C62H113NO18. The van der Waals surface area contributed by atoms with Gasteiger partial charge in [-0.15, -0.1) is 0 Å². The van der Waals surface area contributed by atoms with Crippen LogP contribution in [0.5, 0.6) is 0 Å². The van der Waals surface area contributed by atoms with Gasteiger partial charge in [-0.2, -0.15) is 0 Å². The first-order chi connectivity index (χ1) is 39.3. The zero-order chi connectivity index (χ0) is 59.0. The molecule has 19 heteroatoms. The van der Waals surface area contributed by atoms with E-state index >= 15 is 0 Å². The number of amides is 1. The fourth-order valence-electron chi connectivity index (χ4n) is 10.7. The van der Waals surface area contributed by atoms with Gasteiger partial charge in [-0.05, 0) is 44.9 Å². The molecule has 0 spiro atoms. The van der Waals surface area contributed by atoms with Crippen molar-refractivity contribution in [3.63, 3.8) is 0 Å². The fraction of sp³-hybridized carbons (Fsp3) is 0.887. The summed E-state index contributed by atoms with van der Waals surface area (Å²) in [6, 6.07) is -0.993. The highest BCUT2D eigenvalue weighted by molar-refractivity contribution is 5.76. The fourth-order valence-corrected chi connectivity index (χ4v) is 10.7. The minimum atomic E-state index is -1.98. The SMILES string of the molecule is CCCCCCCC/C=C/CC/C=C/CC/C=C/C(O)C(COC1OC(CO)C(OC2OC(CO)C(OC3OC(CO)C(O)C(O)C3O)C(O)C2O)C(O)C1O)NC(=O)CCCCCCCCCCCCCCCCCCCCCC. The number of carbonyl (C=O) groups excluding carboxylic acids is 1. The molecule has 0 aromatic rings. The van der Waals surface area contributed by atoms with E-state index in [0.717, 1.165) is 44.9 Å². The number of nitrogens with one attached hydrogen (secondary N) is 1. The second-order valence-electron chi connectivity index (χ2n) is 22.9. The summed E-state index contributed by atoms with van der Waals surface area (Å²) >= 11 is 0. The molecule has 12 N–H and O–H groups in total. The zero-order valence-electron chi connectivity index (χ0n) is 49.5. The molecule has 0 aromatic heterocycles. The lowest BCUT2D eigenvalue weighted by molar-refractivity contribution is -0.379. The number of unbranched alkanes of at least 4 members (excludes halogenated alkanes) is 27. The molecule has 0 aliphatic carbocycles. The molecule has 474 valence electrons. The molecule has 1 amide bonds. The molecule has 0 radical (unpaired) electrons. The van der Waals surface area contributed by atoms with Crippen molar-refractivity contribution in [2.24, 2.45) is 0 Å². The standard InChI is InChI=1S/C62H113NO18/c1-3-5-7-9-11-13-15-17-19-21-22-23-24-26-28-30-32-34-36-38-40-50(68)63-45(46(67)39-37-35-33-31-29-27-25-20-18-16-14-12-10-8-6-4-2)44-76-60-56(74)53(71)58(48(42-65)78-60)81-62-57(75)54(72)59(49(43-66)79-62)80-61-55(73)52(70)51(69)47(41-64)77-61/h18,20,29,31,37,39,45-49,51-62,64-67,69-75H,3-17,19,21-28,30,32-36,38,40-44H2,1-2H3,(H,63,68)/b20-18+,31-29+,39-37+. The van der Waals surface area contributed by atoms with E-state index < -0.39 is 124 Å². The van der Waals surface area contributed by atoms with Crippen LogP contribution in [0, 0.1) is 0 Å². The van der Waals surface area contributed by atoms with Crippen molar-refractivity contribution < 1.29 is 89.4 Å². The minimum Gasteiger partial charge on any atom is -0.394 e. The number of hydrogen-bond acceptors (Lipinski definition) is 18. The van der Waals surface area contributed by atoms with Crippen molar-refractivity contribution in [1.29, 1.82) is 0 Å². The van der Waals surface area contributed by atoms with Crippen LogP contribution >= 0.6 is 0 Å². The lowest BCUT2D eigenvalue weighted by Gasteiger charge is -2.48. The van der Waals surface area contributed by atoms with Gasteiger partial charge in [0.25, 0.3) is 0 Å². The molecule has 0 bridgehead atoms. The quantitative estimate of drug-likeness (QED) is 0.0229. The first kappa shape index (κ1) is 73.3. The largest absolute Gasteiger partial charge is 0.394 e. The van der Waals surface area contributed by atoms with Crippen LogP contribution in [0.15, 0.2) is 36.5 Å². The number of allylic oxidation sites excluding steroid dienone is 5. The van der Waals surface area contributed by atoms with Gasteiger partial charge in [0.2, 0.25) is 5.91 Å². The highest BCUT2D eigenvalue weighted by atomic mass is 16.8. The van der Waals surface area contributed by atoms with Crippen molar-refractivity contribution in [2.45, 2.75) is 324 Å². The number of aliphatic hydroxyl groups is 11. The molecule has 3 aliphatic heterocycles. The highest BCUT2D eigenvalue weighted by Crippen LogP contribution is 2.33. The summed E-state index contributed by atoms with van der Waals surface area (Å²) in [5.41, 5.74) is 0. The Kier molecular flexibility index (Phi) is 41.0. The molecule has 3 fully saturated rings. The van der Waals surface area contributed by atoms with Crippen LogP contribution in [-0.4, -0.2) is 193 Å². The third kappa shape index (κ3) is 28.8. The van der Waals surface area contributed by atoms with Crippen LogP contribution < -0.4 is 5.32 Å². The van der Waals surface area contributed by atoms with Gasteiger partial charge in [0, 0.05) is 6.42 Å². The first-order valence-corrected chi connectivity index (χ1v) is 31.7. The smallest absolute Gasteiger partial charge is 0.220 e. The van der Waals surface area contributed by atoms with Crippen LogP contribution in [0.1, 0.15) is 219 Å². The van der Waals surface area contributed by atoms with Crippen LogP contribution in [0.25, 0.3) is 0 Å². The van der Waals surface area contributed by atoms with E-state index in [1.807, 2.05) is 6.08 Å². The van der Waals surface area contributed by atoms with Crippen molar-refractivity contribution in [1.82, 2.24) is 5.32 Å². The van der Waals surface area contributed by atoms with Gasteiger partial charge in [-0.3, -0.25) is 4.79 Å². The summed E-state index contributed by atoms with van der Waals surface area (Å²) in [4.78, 5) is 13.3. The maximum absolute atomic E-state index is 13.3. The lowest BCUT2D eigenvalue weighted by Crippen LogP contribution is -2.66. The van der Waals surface area contributed by atoms with Crippen LogP contribution in [0.3, 0.4) is 0 Å². The summed E-state index contributed by atoms with van der Waals surface area (Å²) in [5.74, 6) is -0.288. The van der Waals surface area contributed by atoms with Gasteiger partial charge in [-0.25, -0.2) is 0 Å². The molecule has 81 heavy (non-hydrogen) atoms. The third-order valence-corrected chi connectivity index (χ3v) is 15.9. The molecule has 3 aliphatic rings. The molecule has 19 nitrogen and oxygen atoms in total. The van der Waals surface area contributed by atoms with E-state index in [1.54, 1.807) is 6.08 Å². The van der Waals surface area contributed by atoms with Crippen molar-refractivity contribution >= 4 is 5.91 Å².